The van der Waals surface area contributed by atoms with E-state index in [0.717, 1.165) is 28.5 Å². The molecule has 1 aliphatic heterocycles. The molecular weight excluding hydrogens is 390 g/mol. The van der Waals surface area contributed by atoms with Crippen molar-refractivity contribution in [2.75, 3.05) is 12.0 Å². The summed E-state index contributed by atoms with van der Waals surface area (Å²) in [6.45, 7) is 0. The van der Waals surface area contributed by atoms with Gasteiger partial charge >= 0.3 is 0 Å². The lowest BCUT2D eigenvalue weighted by Gasteiger charge is -2.51. The Hall–Kier alpha value is -3.73. The van der Waals surface area contributed by atoms with Crippen LogP contribution in [0.15, 0.2) is 72.8 Å². The smallest absolute Gasteiger partial charge is 0.239 e. The lowest BCUT2D eigenvalue weighted by Crippen LogP contribution is -2.54. The molecular formula is C26H19NO4. The average Bonchev–Trinajstić information content (AvgIpc) is 3.10. The molecule has 0 N–H and O–H groups in total. The number of anilines is 1. The van der Waals surface area contributed by atoms with Crippen LogP contribution in [0.4, 0.5) is 5.69 Å². The molecule has 4 aliphatic rings. The Balaban J connectivity index is 1.60. The number of hydrogen-bond acceptors (Lipinski definition) is 4. The van der Waals surface area contributed by atoms with Crippen molar-refractivity contribution in [3.05, 3.63) is 95.1 Å². The summed E-state index contributed by atoms with van der Waals surface area (Å²) in [6, 6.07) is 22.3. The van der Waals surface area contributed by atoms with Gasteiger partial charge in [0.15, 0.2) is 0 Å². The summed E-state index contributed by atoms with van der Waals surface area (Å²) in [4.78, 5) is 41.7. The Morgan fingerprint density at radius 3 is 1.97 bits per heavy atom. The molecule has 3 aromatic rings. The van der Waals surface area contributed by atoms with Gasteiger partial charge in [-0.3, -0.25) is 9.59 Å². The third-order valence-corrected chi connectivity index (χ3v) is 7.20. The fourth-order valence-electron chi connectivity index (χ4n) is 6.02. The van der Waals surface area contributed by atoms with Crippen LogP contribution in [0.25, 0.3) is 0 Å². The standard InChI is InChI=1S/C26H19NO4/c1-31-16-12-10-15(11-13-16)27-24(29)22-21-17-6-2-4-8-19(17)26(14-28,23(22)25(27)30)20-9-5-3-7-18(20)21/h2-14,21-23H,1H3/t21?,22-,23+,26?/m0/s1. The van der Waals surface area contributed by atoms with Crippen molar-refractivity contribution in [1.29, 1.82) is 0 Å². The molecule has 1 saturated heterocycles. The zero-order valence-electron chi connectivity index (χ0n) is 16.8. The quantitative estimate of drug-likeness (QED) is 0.491. The first kappa shape index (κ1) is 18.1. The summed E-state index contributed by atoms with van der Waals surface area (Å²) in [5, 5.41) is 0. The van der Waals surface area contributed by atoms with Gasteiger partial charge in [0.1, 0.15) is 12.0 Å². The molecule has 3 aliphatic carbocycles. The van der Waals surface area contributed by atoms with Crippen LogP contribution in [0.5, 0.6) is 5.75 Å². The fourth-order valence-corrected chi connectivity index (χ4v) is 6.02. The lowest BCUT2D eigenvalue weighted by molar-refractivity contribution is -0.128. The van der Waals surface area contributed by atoms with Crippen LogP contribution >= 0.6 is 0 Å². The van der Waals surface area contributed by atoms with Crippen LogP contribution in [0.1, 0.15) is 28.2 Å². The zero-order chi connectivity index (χ0) is 21.3. The number of hydrogen-bond donors (Lipinski definition) is 0. The van der Waals surface area contributed by atoms with E-state index in [4.69, 9.17) is 4.74 Å². The third-order valence-electron chi connectivity index (χ3n) is 7.20. The number of methoxy groups -OCH3 is 1. The van der Waals surface area contributed by atoms with Gasteiger partial charge in [0.2, 0.25) is 11.8 Å². The Bertz CT molecular complexity index is 1210. The maximum absolute atomic E-state index is 13.8. The van der Waals surface area contributed by atoms with E-state index >= 15 is 0 Å². The second-order valence-electron chi connectivity index (χ2n) is 8.35. The summed E-state index contributed by atoms with van der Waals surface area (Å²) in [6.07, 6.45) is 0.889. The Morgan fingerprint density at radius 1 is 0.839 bits per heavy atom. The van der Waals surface area contributed by atoms with E-state index < -0.39 is 17.3 Å². The molecule has 0 unspecified atom stereocenters. The largest absolute Gasteiger partial charge is 0.497 e. The van der Waals surface area contributed by atoms with E-state index in [1.807, 2.05) is 48.5 Å². The highest BCUT2D eigenvalue weighted by atomic mass is 16.5. The Kier molecular flexibility index (Phi) is 3.58. The van der Waals surface area contributed by atoms with Crippen molar-refractivity contribution in [2.24, 2.45) is 11.8 Å². The molecule has 0 aromatic heterocycles. The number of carbonyl (C=O) groups is 3. The number of aldehydes is 1. The molecule has 0 spiro atoms. The summed E-state index contributed by atoms with van der Waals surface area (Å²) < 4.78 is 5.21. The van der Waals surface area contributed by atoms with Crippen LogP contribution in [0.2, 0.25) is 0 Å². The van der Waals surface area contributed by atoms with Crippen molar-refractivity contribution >= 4 is 23.8 Å². The van der Waals surface area contributed by atoms with Crippen molar-refractivity contribution in [2.45, 2.75) is 11.3 Å². The van der Waals surface area contributed by atoms with Gasteiger partial charge in [-0.25, -0.2) is 4.90 Å². The van der Waals surface area contributed by atoms with Crippen molar-refractivity contribution in [3.63, 3.8) is 0 Å². The summed E-state index contributed by atoms with van der Waals surface area (Å²) in [5.41, 5.74) is 2.94. The molecule has 5 heteroatoms. The zero-order valence-corrected chi connectivity index (χ0v) is 16.8. The highest BCUT2D eigenvalue weighted by Crippen LogP contribution is 2.63. The number of amides is 2. The molecule has 7 rings (SSSR count). The minimum absolute atomic E-state index is 0.250. The number of ether oxygens (including phenoxy) is 1. The van der Waals surface area contributed by atoms with Crippen molar-refractivity contribution < 1.29 is 19.1 Å². The van der Waals surface area contributed by atoms with Gasteiger partial charge in [-0.15, -0.1) is 0 Å². The average molecular weight is 409 g/mol. The Morgan fingerprint density at radius 2 is 1.42 bits per heavy atom. The molecule has 0 saturated carbocycles. The maximum atomic E-state index is 13.8. The van der Waals surface area contributed by atoms with E-state index in [1.54, 1.807) is 31.4 Å². The van der Waals surface area contributed by atoms with E-state index in [-0.39, 0.29) is 17.7 Å². The first-order valence-corrected chi connectivity index (χ1v) is 10.3. The van der Waals surface area contributed by atoms with Crippen molar-refractivity contribution in [3.8, 4) is 5.75 Å². The van der Waals surface area contributed by atoms with Gasteiger partial charge in [-0.1, -0.05) is 48.5 Å². The molecule has 1 heterocycles. The fraction of sp³-hybridized carbons (Fsp3) is 0.192. The molecule has 2 atom stereocenters. The molecule has 3 aromatic carbocycles. The third kappa shape index (κ3) is 2.03. The molecule has 5 nitrogen and oxygen atoms in total. The van der Waals surface area contributed by atoms with Crippen LogP contribution in [-0.2, 0) is 19.8 Å². The van der Waals surface area contributed by atoms with Gasteiger partial charge in [-0.05, 0) is 46.5 Å². The maximum Gasteiger partial charge on any atom is 0.239 e. The van der Waals surface area contributed by atoms with Gasteiger partial charge in [0.05, 0.1) is 30.0 Å². The first-order chi connectivity index (χ1) is 15.1. The highest BCUT2D eigenvalue weighted by Gasteiger charge is 2.68. The molecule has 0 radical (unpaired) electrons. The van der Waals surface area contributed by atoms with Crippen LogP contribution in [0, 0.1) is 11.8 Å². The number of carbonyl (C=O) groups excluding carboxylic acids is 3. The Labute approximate surface area is 179 Å². The second kappa shape index (κ2) is 6.14. The summed E-state index contributed by atoms with van der Waals surface area (Å²) >= 11 is 0. The predicted molar refractivity (Wildman–Crippen MR) is 114 cm³/mol. The predicted octanol–water partition coefficient (Wildman–Crippen LogP) is 3.44. The summed E-state index contributed by atoms with van der Waals surface area (Å²) in [7, 11) is 1.57. The van der Waals surface area contributed by atoms with Gasteiger partial charge < -0.3 is 9.53 Å². The second-order valence-corrected chi connectivity index (χ2v) is 8.35. The molecule has 31 heavy (non-hydrogen) atoms. The number of imide groups is 1. The topological polar surface area (TPSA) is 63.7 Å². The van der Waals surface area contributed by atoms with Crippen molar-refractivity contribution in [1.82, 2.24) is 0 Å². The summed E-state index contributed by atoms with van der Waals surface area (Å²) in [5.74, 6) is -1.54. The molecule has 2 bridgehead atoms. The van der Waals surface area contributed by atoms with Gasteiger partial charge in [0, 0.05) is 5.92 Å². The highest BCUT2D eigenvalue weighted by molar-refractivity contribution is 6.24. The molecule has 1 fully saturated rings. The van der Waals surface area contributed by atoms with Crippen LogP contribution < -0.4 is 9.64 Å². The number of benzene rings is 3. The molecule has 2 amide bonds. The monoisotopic (exact) mass is 409 g/mol. The number of rotatable bonds is 3. The molecule has 152 valence electrons. The van der Waals surface area contributed by atoms with E-state index in [2.05, 4.69) is 0 Å². The normalized spacial score (nSPS) is 27.5. The van der Waals surface area contributed by atoms with Crippen LogP contribution in [0.3, 0.4) is 0 Å². The van der Waals surface area contributed by atoms with E-state index in [9.17, 15) is 14.4 Å². The van der Waals surface area contributed by atoms with E-state index in [0.29, 0.717) is 11.4 Å². The van der Waals surface area contributed by atoms with Gasteiger partial charge in [0.25, 0.3) is 0 Å². The van der Waals surface area contributed by atoms with Crippen LogP contribution in [-0.4, -0.2) is 25.2 Å². The SMILES string of the molecule is COc1ccc(N2C(=O)[C@H]3C4c5ccccc5C(C=O)(c5ccccc54)[C@H]3C2=O)cc1. The minimum atomic E-state index is -1.17. The minimum Gasteiger partial charge on any atom is -0.497 e. The first-order valence-electron chi connectivity index (χ1n) is 10.3. The van der Waals surface area contributed by atoms with E-state index in [1.165, 1.54) is 4.90 Å². The number of nitrogens with zero attached hydrogens (tertiary/aromatic N) is 1. The van der Waals surface area contributed by atoms with Gasteiger partial charge in [-0.2, -0.15) is 0 Å². The lowest BCUT2D eigenvalue weighted by atomic mass is 9.48.